The molecular formula is C16H17ClN2. The summed E-state index contributed by atoms with van der Waals surface area (Å²) in [6.07, 6.45) is 0.849. The number of halogens is 1. The van der Waals surface area contributed by atoms with Gasteiger partial charge in [-0.25, -0.2) is 0 Å². The zero-order valence-electron chi connectivity index (χ0n) is 11.2. The van der Waals surface area contributed by atoms with Crippen LogP contribution in [0.4, 0.5) is 0 Å². The van der Waals surface area contributed by atoms with Gasteiger partial charge in [0.2, 0.25) is 0 Å². The molecule has 0 saturated heterocycles. The number of alkyl halides is 1. The van der Waals surface area contributed by atoms with E-state index < -0.39 is 0 Å². The first kappa shape index (κ1) is 12.5. The van der Waals surface area contributed by atoms with Crippen molar-refractivity contribution in [1.29, 1.82) is 0 Å². The number of nitrogens with zero attached hydrogens (tertiary/aromatic N) is 1. The second-order valence-electron chi connectivity index (χ2n) is 5.16. The first-order valence-electron chi connectivity index (χ1n) is 6.59. The second-order valence-corrected chi connectivity index (χ2v) is 5.63. The highest BCUT2D eigenvalue weighted by Gasteiger charge is 2.28. The minimum Gasteiger partial charge on any atom is -0.357 e. The maximum absolute atomic E-state index is 6.45. The molecule has 0 saturated carbocycles. The minimum atomic E-state index is -0.0283. The number of aryl methyl sites for hydroxylation is 1. The summed E-state index contributed by atoms with van der Waals surface area (Å²) in [7, 11) is 0. The Hall–Kier alpha value is -1.54. The number of rotatable bonds is 2. The fourth-order valence-electron chi connectivity index (χ4n) is 2.63. The molecule has 0 amide bonds. The van der Waals surface area contributed by atoms with Gasteiger partial charge in [-0.1, -0.05) is 30.3 Å². The molecule has 19 heavy (non-hydrogen) atoms. The van der Waals surface area contributed by atoms with Crippen LogP contribution < -0.4 is 0 Å². The van der Waals surface area contributed by atoms with Gasteiger partial charge in [-0.15, -0.1) is 11.6 Å². The van der Waals surface area contributed by atoms with E-state index in [4.69, 9.17) is 16.6 Å². The Morgan fingerprint density at radius 1 is 1.26 bits per heavy atom. The third-order valence-electron chi connectivity index (χ3n) is 3.57. The van der Waals surface area contributed by atoms with Gasteiger partial charge in [0.25, 0.3) is 0 Å². The number of H-pyrrole nitrogens is 1. The zero-order chi connectivity index (χ0) is 13.4. The number of benzene rings is 1. The first-order chi connectivity index (χ1) is 9.15. The summed E-state index contributed by atoms with van der Waals surface area (Å²) >= 11 is 6.45. The second kappa shape index (κ2) is 4.86. The smallest absolute Gasteiger partial charge is 0.0827 e. The predicted molar refractivity (Wildman–Crippen MR) is 80.3 cm³/mol. The van der Waals surface area contributed by atoms with E-state index >= 15 is 0 Å². The summed E-state index contributed by atoms with van der Waals surface area (Å²) in [6.45, 7) is 4.14. The van der Waals surface area contributed by atoms with Crippen LogP contribution in [0, 0.1) is 6.92 Å². The molecule has 1 N–H and O–H groups in total. The van der Waals surface area contributed by atoms with E-state index in [2.05, 4.69) is 49.2 Å². The summed E-state index contributed by atoms with van der Waals surface area (Å²) in [6, 6.07) is 12.7. The van der Waals surface area contributed by atoms with Gasteiger partial charge < -0.3 is 4.98 Å². The fourth-order valence-corrected chi connectivity index (χ4v) is 2.85. The molecule has 1 aromatic carbocycles. The average molecular weight is 273 g/mol. The molecular weight excluding hydrogens is 256 g/mol. The van der Waals surface area contributed by atoms with Crippen LogP contribution in [0.3, 0.4) is 0 Å². The fraction of sp³-hybridized carbons (Fsp3) is 0.312. The van der Waals surface area contributed by atoms with Crippen LogP contribution in [0.2, 0.25) is 0 Å². The number of fused-ring (bicyclic) bond motifs is 1. The molecule has 3 heteroatoms. The van der Waals surface area contributed by atoms with E-state index in [0.717, 1.165) is 23.5 Å². The Kier molecular flexibility index (Phi) is 3.19. The predicted octanol–water partition coefficient (Wildman–Crippen LogP) is 4.04. The molecule has 1 aromatic heterocycles. The van der Waals surface area contributed by atoms with Crippen LogP contribution in [0.25, 0.3) is 0 Å². The van der Waals surface area contributed by atoms with Gasteiger partial charge >= 0.3 is 0 Å². The first-order valence-corrected chi connectivity index (χ1v) is 7.03. The highest BCUT2D eigenvalue weighted by Crippen LogP contribution is 2.34. The van der Waals surface area contributed by atoms with Gasteiger partial charge in [-0.05, 0) is 31.0 Å². The van der Waals surface area contributed by atoms with Gasteiger partial charge in [0, 0.05) is 12.1 Å². The van der Waals surface area contributed by atoms with Gasteiger partial charge in [-0.3, -0.25) is 4.99 Å². The highest BCUT2D eigenvalue weighted by atomic mass is 35.5. The summed E-state index contributed by atoms with van der Waals surface area (Å²) in [4.78, 5) is 8.17. The van der Waals surface area contributed by atoms with E-state index in [0.29, 0.717) is 0 Å². The molecule has 98 valence electrons. The topological polar surface area (TPSA) is 28.1 Å². The molecule has 2 unspecified atom stereocenters. The Labute approximate surface area is 118 Å². The molecule has 0 fully saturated rings. The van der Waals surface area contributed by atoms with Crippen LogP contribution in [0.1, 0.15) is 34.8 Å². The molecule has 1 aliphatic rings. The van der Waals surface area contributed by atoms with Crippen LogP contribution in [0.5, 0.6) is 0 Å². The monoisotopic (exact) mass is 272 g/mol. The normalized spacial score (nSPS) is 21.9. The summed E-state index contributed by atoms with van der Waals surface area (Å²) in [5.41, 5.74) is 5.83. The van der Waals surface area contributed by atoms with Crippen LogP contribution in [0.15, 0.2) is 41.4 Å². The van der Waals surface area contributed by atoms with Crippen molar-refractivity contribution in [2.75, 3.05) is 0 Å². The zero-order valence-corrected chi connectivity index (χ0v) is 11.9. The van der Waals surface area contributed by atoms with Crippen LogP contribution in [-0.2, 0) is 6.42 Å². The average Bonchev–Trinajstić information content (AvgIpc) is 2.79. The van der Waals surface area contributed by atoms with E-state index in [1.807, 2.05) is 6.07 Å². The molecule has 2 nitrogen and oxygen atoms in total. The number of hydrogen-bond donors (Lipinski definition) is 1. The number of aliphatic imine (C=N–C) groups is 1. The quantitative estimate of drug-likeness (QED) is 0.800. The van der Waals surface area contributed by atoms with Crippen molar-refractivity contribution >= 4 is 17.3 Å². The number of aromatic amines is 1. The van der Waals surface area contributed by atoms with Crippen molar-refractivity contribution < 1.29 is 0 Å². The van der Waals surface area contributed by atoms with Crippen molar-refractivity contribution in [2.45, 2.75) is 31.7 Å². The molecule has 0 aliphatic carbocycles. The lowest BCUT2D eigenvalue weighted by atomic mass is 9.96. The van der Waals surface area contributed by atoms with E-state index in [9.17, 15) is 0 Å². The molecule has 1 aliphatic heterocycles. The third kappa shape index (κ3) is 2.33. The Balaban J connectivity index is 1.99. The highest BCUT2D eigenvalue weighted by molar-refractivity contribution is 6.23. The van der Waals surface area contributed by atoms with Gasteiger partial charge in [-0.2, -0.15) is 0 Å². The number of nitrogens with one attached hydrogen (secondary N) is 1. The summed E-state index contributed by atoms with van der Waals surface area (Å²) in [5.74, 6) is 0. The Morgan fingerprint density at radius 3 is 2.74 bits per heavy atom. The SMILES string of the molecule is Cc1cc2c([nH]1)C(Cc1ccccc1)=NC(C)C2Cl. The maximum Gasteiger partial charge on any atom is 0.0827 e. The van der Waals surface area contributed by atoms with Crippen molar-refractivity contribution in [3.63, 3.8) is 0 Å². The Bertz CT molecular complexity index is 613. The van der Waals surface area contributed by atoms with Gasteiger partial charge in [0.15, 0.2) is 0 Å². The van der Waals surface area contributed by atoms with Gasteiger partial charge in [0.05, 0.1) is 22.8 Å². The molecule has 0 radical (unpaired) electrons. The number of hydrogen-bond acceptors (Lipinski definition) is 1. The third-order valence-corrected chi connectivity index (χ3v) is 4.17. The van der Waals surface area contributed by atoms with Crippen LogP contribution in [-0.4, -0.2) is 16.7 Å². The molecule has 2 aromatic rings. The van der Waals surface area contributed by atoms with Gasteiger partial charge in [0.1, 0.15) is 0 Å². The standard InChI is InChI=1S/C16H17ClN2/c1-10-8-13-15(17)11(2)19-14(16(13)18-10)9-12-6-4-3-5-7-12/h3-8,11,15,18H,9H2,1-2H3. The van der Waals surface area contributed by atoms with E-state index in [1.165, 1.54) is 11.1 Å². The van der Waals surface area contributed by atoms with Crippen molar-refractivity contribution in [1.82, 2.24) is 4.98 Å². The van der Waals surface area contributed by atoms with Crippen molar-refractivity contribution in [3.05, 3.63) is 58.9 Å². The maximum atomic E-state index is 6.45. The molecule has 0 spiro atoms. The Morgan fingerprint density at radius 2 is 2.00 bits per heavy atom. The van der Waals surface area contributed by atoms with E-state index in [1.54, 1.807) is 0 Å². The number of aromatic nitrogens is 1. The minimum absolute atomic E-state index is 0.0283. The van der Waals surface area contributed by atoms with E-state index in [-0.39, 0.29) is 11.4 Å². The summed E-state index contributed by atoms with van der Waals surface area (Å²) < 4.78 is 0. The van der Waals surface area contributed by atoms with Crippen molar-refractivity contribution in [2.24, 2.45) is 4.99 Å². The molecule has 3 rings (SSSR count). The lowest BCUT2D eigenvalue weighted by Crippen LogP contribution is -2.22. The summed E-state index contributed by atoms with van der Waals surface area (Å²) in [5, 5.41) is -0.0283. The lowest BCUT2D eigenvalue weighted by molar-refractivity contribution is 0.700. The molecule has 2 atom stereocenters. The largest absolute Gasteiger partial charge is 0.357 e. The molecule has 0 bridgehead atoms. The molecule has 2 heterocycles. The van der Waals surface area contributed by atoms with Crippen LogP contribution >= 0.6 is 11.6 Å². The van der Waals surface area contributed by atoms with Crippen molar-refractivity contribution in [3.8, 4) is 0 Å². The lowest BCUT2D eigenvalue weighted by Gasteiger charge is -2.23.